The smallest absolute Gasteiger partial charge is 0.414 e. The highest BCUT2D eigenvalue weighted by molar-refractivity contribution is 6.09. The van der Waals surface area contributed by atoms with Gasteiger partial charge in [-0.15, -0.1) is 0 Å². The first-order valence-electron chi connectivity index (χ1n) is 10.5. The van der Waals surface area contributed by atoms with Gasteiger partial charge in [-0.3, -0.25) is 11.1 Å². The zero-order chi connectivity index (χ0) is 23.3. The molecule has 4 N–H and O–H groups in total. The fourth-order valence-corrected chi connectivity index (χ4v) is 3.39. The summed E-state index contributed by atoms with van der Waals surface area (Å²) < 4.78 is 17.7. The van der Waals surface area contributed by atoms with Gasteiger partial charge in [0.15, 0.2) is 12.0 Å². The number of nitrogens with two attached hydrogens (primary N) is 1. The van der Waals surface area contributed by atoms with E-state index in [9.17, 15) is 9.90 Å². The van der Waals surface area contributed by atoms with Gasteiger partial charge in [0.05, 0.1) is 29.8 Å². The van der Waals surface area contributed by atoms with Crippen molar-refractivity contribution in [2.75, 3.05) is 25.6 Å². The molecule has 2 heterocycles. The van der Waals surface area contributed by atoms with E-state index in [-0.39, 0.29) is 19.0 Å². The average Bonchev–Trinajstić information content (AvgIpc) is 3.08. The molecule has 2 aromatic heterocycles. The van der Waals surface area contributed by atoms with Crippen LogP contribution in [0, 0.1) is 0 Å². The standard InChI is InChI=1S/C22H31N5O5/c1-5-31-12-17-25-18-19(27(17)13-22(2,3)29)14-8-6-7-9-15(14)24-20(18)26-21(28)32-16(23)10-11-30-4/h6-9,16,29H,5,10-13,23H2,1-4H3,(H,24,26,28). The normalized spacial score (nSPS) is 12.9. The third-order valence-corrected chi connectivity index (χ3v) is 4.73. The number of anilines is 1. The Labute approximate surface area is 186 Å². The summed E-state index contributed by atoms with van der Waals surface area (Å²) in [7, 11) is 1.55. The third-order valence-electron chi connectivity index (χ3n) is 4.73. The first-order chi connectivity index (χ1) is 15.2. The Hall–Kier alpha value is -2.79. The maximum Gasteiger partial charge on any atom is 0.414 e. The molecule has 32 heavy (non-hydrogen) atoms. The number of para-hydroxylation sites is 1. The van der Waals surface area contributed by atoms with Crippen molar-refractivity contribution in [1.82, 2.24) is 14.5 Å². The van der Waals surface area contributed by atoms with Gasteiger partial charge in [0, 0.05) is 25.5 Å². The monoisotopic (exact) mass is 445 g/mol. The van der Waals surface area contributed by atoms with Gasteiger partial charge in [0.2, 0.25) is 0 Å². The van der Waals surface area contributed by atoms with Gasteiger partial charge in [-0.05, 0) is 26.8 Å². The van der Waals surface area contributed by atoms with Crippen molar-refractivity contribution in [3.63, 3.8) is 0 Å². The van der Waals surface area contributed by atoms with E-state index in [2.05, 4.69) is 10.3 Å². The van der Waals surface area contributed by atoms with Crippen LogP contribution in [0.15, 0.2) is 24.3 Å². The van der Waals surface area contributed by atoms with Crippen molar-refractivity contribution >= 4 is 33.8 Å². The summed E-state index contributed by atoms with van der Waals surface area (Å²) in [6.07, 6.45) is -1.18. The topological polar surface area (TPSA) is 134 Å². The zero-order valence-electron chi connectivity index (χ0n) is 18.9. The number of carbonyl (C=O) groups excluding carboxylic acids is 1. The molecule has 174 valence electrons. The first kappa shape index (κ1) is 23.9. The lowest BCUT2D eigenvalue weighted by Gasteiger charge is -2.20. The number of imidazole rings is 1. The molecule has 1 aromatic carbocycles. The maximum atomic E-state index is 12.5. The van der Waals surface area contributed by atoms with E-state index in [1.165, 1.54) is 0 Å². The molecule has 0 radical (unpaired) electrons. The minimum atomic E-state index is -1.00. The second kappa shape index (κ2) is 10.2. The molecule has 0 aliphatic rings. The molecule has 10 nitrogen and oxygen atoms in total. The van der Waals surface area contributed by atoms with Gasteiger partial charge in [0.1, 0.15) is 17.9 Å². The van der Waals surface area contributed by atoms with Crippen molar-refractivity contribution in [3.05, 3.63) is 30.1 Å². The Balaban J connectivity index is 2.09. The summed E-state index contributed by atoms with van der Waals surface area (Å²) in [5.41, 5.74) is 6.71. The minimum absolute atomic E-state index is 0.245. The molecule has 1 atom stereocenters. The summed E-state index contributed by atoms with van der Waals surface area (Å²) >= 11 is 0. The number of pyridine rings is 1. The summed E-state index contributed by atoms with van der Waals surface area (Å²) in [6, 6.07) is 7.55. The van der Waals surface area contributed by atoms with Crippen LogP contribution in [0.4, 0.5) is 10.6 Å². The second-order valence-electron chi connectivity index (χ2n) is 8.09. The summed E-state index contributed by atoms with van der Waals surface area (Å²) in [5.74, 6) is 0.866. The largest absolute Gasteiger partial charge is 0.430 e. The van der Waals surface area contributed by atoms with Crippen LogP contribution in [0.2, 0.25) is 0 Å². The molecule has 0 fully saturated rings. The van der Waals surface area contributed by atoms with Crippen molar-refractivity contribution in [1.29, 1.82) is 0 Å². The molecular weight excluding hydrogens is 414 g/mol. The average molecular weight is 446 g/mol. The van der Waals surface area contributed by atoms with Crippen LogP contribution >= 0.6 is 0 Å². The fourth-order valence-electron chi connectivity index (χ4n) is 3.39. The number of nitrogens with one attached hydrogen (secondary N) is 1. The van der Waals surface area contributed by atoms with Crippen LogP contribution in [0.3, 0.4) is 0 Å². The number of fused-ring (bicyclic) bond motifs is 3. The quantitative estimate of drug-likeness (QED) is 0.406. The number of carbonyl (C=O) groups is 1. The molecule has 0 aliphatic heterocycles. The van der Waals surface area contributed by atoms with Gasteiger partial charge < -0.3 is 23.9 Å². The highest BCUT2D eigenvalue weighted by Crippen LogP contribution is 2.31. The Morgan fingerprint density at radius 3 is 2.75 bits per heavy atom. The molecule has 1 unspecified atom stereocenters. The molecule has 0 aliphatic carbocycles. The summed E-state index contributed by atoms with van der Waals surface area (Å²) in [5, 5.41) is 14.1. The van der Waals surface area contributed by atoms with E-state index >= 15 is 0 Å². The van der Waals surface area contributed by atoms with E-state index in [0.29, 0.717) is 36.5 Å². The molecule has 1 amide bonds. The van der Waals surface area contributed by atoms with Gasteiger partial charge >= 0.3 is 6.09 Å². The Morgan fingerprint density at radius 2 is 2.06 bits per heavy atom. The van der Waals surface area contributed by atoms with Gasteiger partial charge in [-0.2, -0.15) is 0 Å². The van der Waals surface area contributed by atoms with E-state index in [4.69, 9.17) is 24.9 Å². The lowest BCUT2D eigenvalue weighted by molar-refractivity contribution is 0.0582. The van der Waals surface area contributed by atoms with Crippen molar-refractivity contribution in [2.45, 2.75) is 52.2 Å². The van der Waals surface area contributed by atoms with Gasteiger partial charge in [-0.1, -0.05) is 18.2 Å². The molecule has 0 saturated heterocycles. The van der Waals surface area contributed by atoms with Crippen LogP contribution < -0.4 is 11.1 Å². The van der Waals surface area contributed by atoms with Gasteiger partial charge in [0.25, 0.3) is 0 Å². The predicted molar refractivity (Wildman–Crippen MR) is 121 cm³/mol. The zero-order valence-corrected chi connectivity index (χ0v) is 18.9. The number of benzene rings is 1. The lowest BCUT2D eigenvalue weighted by Crippen LogP contribution is -2.31. The number of amides is 1. The Bertz CT molecular complexity index is 1080. The number of rotatable bonds is 10. The number of hydrogen-bond acceptors (Lipinski definition) is 8. The molecule has 0 bridgehead atoms. The minimum Gasteiger partial charge on any atom is -0.430 e. The number of methoxy groups -OCH3 is 1. The first-order valence-corrected chi connectivity index (χ1v) is 10.5. The number of aliphatic hydroxyl groups is 1. The highest BCUT2D eigenvalue weighted by Gasteiger charge is 2.24. The molecule has 0 spiro atoms. The van der Waals surface area contributed by atoms with Crippen molar-refractivity contribution < 1.29 is 24.1 Å². The van der Waals surface area contributed by atoms with E-state index < -0.39 is 17.9 Å². The molecule has 3 rings (SSSR count). The third kappa shape index (κ3) is 5.71. The maximum absolute atomic E-state index is 12.5. The summed E-state index contributed by atoms with van der Waals surface area (Å²) in [4.78, 5) is 21.8. The van der Waals surface area contributed by atoms with Crippen LogP contribution in [-0.2, 0) is 27.4 Å². The number of ether oxygens (including phenoxy) is 3. The van der Waals surface area contributed by atoms with Crippen molar-refractivity contribution in [3.8, 4) is 0 Å². The second-order valence-corrected chi connectivity index (χ2v) is 8.09. The van der Waals surface area contributed by atoms with E-state index in [0.717, 1.165) is 10.9 Å². The van der Waals surface area contributed by atoms with E-state index in [1.54, 1.807) is 21.0 Å². The predicted octanol–water partition coefficient (Wildman–Crippen LogP) is 2.76. The van der Waals surface area contributed by atoms with E-state index in [1.807, 2.05) is 35.8 Å². The summed E-state index contributed by atoms with van der Waals surface area (Å²) in [6.45, 7) is 6.77. The Morgan fingerprint density at radius 1 is 1.31 bits per heavy atom. The SMILES string of the molecule is CCOCc1nc2c(NC(=O)OC(N)CCOC)nc3ccccc3c2n1CC(C)(C)O. The van der Waals surface area contributed by atoms with Gasteiger partial charge in [-0.25, -0.2) is 14.8 Å². The number of hydrogen-bond donors (Lipinski definition) is 3. The molecule has 0 saturated carbocycles. The lowest BCUT2D eigenvalue weighted by atomic mass is 10.1. The highest BCUT2D eigenvalue weighted by atomic mass is 16.6. The fraction of sp³-hybridized carbons (Fsp3) is 0.500. The molecular formula is C22H31N5O5. The van der Waals surface area contributed by atoms with Crippen LogP contribution in [0.1, 0.15) is 33.0 Å². The van der Waals surface area contributed by atoms with Crippen LogP contribution in [0.25, 0.3) is 21.9 Å². The van der Waals surface area contributed by atoms with Crippen molar-refractivity contribution in [2.24, 2.45) is 5.73 Å². The van der Waals surface area contributed by atoms with Crippen LogP contribution in [-0.4, -0.2) is 57.9 Å². The molecule has 3 aromatic rings. The number of nitrogens with zero attached hydrogens (tertiary/aromatic N) is 3. The molecule has 10 heteroatoms. The Kier molecular flexibility index (Phi) is 7.62. The number of aromatic nitrogens is 3. The van der Waals surface area contributed by atoms with Crippen LogP contribution in [0.5, 0.6) is 0 Å².